The molecule has 0 radical (unpaired) electrons. The first-order valence-corrected chi connectivity index (χ1v) is 8.68. The molecule has 0 aromatic carbocycles. The summed E-state index contributed by atoms with van der Waals surface area (Å²) in [4.78, 5) is 2.57. The molecule has 3 heteroatoms. The molecule has 2 N–H and O–H groups in total. The second-order valence-electron chi connectivity index (χ2n) is 6.78. The van der Waals surface area contributed by atoms with Crippen LogP contribution in [0.4, 0.5) is 0 Å². The zero-order chi connectivity index (χ0) is 15.0. The third-order valence-corrected chi connectivity index (χ3v) is 4.88. The second-order valence-corrected chi connectivity index (χ2v) is 6.78. The minimum atomic E-state index is -0.0155. The lowest BCUT2D eigenvalue weighted by molar-refractivity contribution is 0.103. The molecule has 1 fully saturated rings. The van der Waals surface area contributed by atoms with Crippen molar-refractivity contribution in [1.29, 1.82) is 0 Å². The smallest absolute Gasteiger partial charge is 0.0616 e. The van der Waals surface area contributed by atoms with Crippen molar-refractivity contribution in [2.24, 2.45) is 5.92 Å². The number of nitrogens with zero attached hydrogens (tertiary/aromatic N) is 1. The fourth-order valence-electron chi connectivity index (χ4n) is 3.73. The molecule has 1 aliphatic rings. The Morgan fingerprint density at radius 1 is 1.30 bits per heavy atom. The second kappa shape index (κ2) is 9.01. The predicted octanol–water partition coefficient (Wildman–Crippen LogP) is 3.03. The molecule has 1 rings (SSSR count). The average Bonchev–Trinajstić information content (AvgIpc) is 2.81. The topological polar surface area (TPSA) is 35.5 Å². The normalized spacial score (nSPS) is 26.9. The van der Waals surface area contributed by atoms with E-state index in [9.17, 15) is 5.11 Å². The van der Waals surface area contributed by atoms with Crippen LogP contribution >= 0.6 is 0 Å². The minimum absolute atomic E-state index is 0.0155. The molecule has 20 heavy (non-hydrogen) atoms. The summed E-state index contributed by atoms with van der Waals surface area (Å²) in [5.74, 6) is 0.630. The lowest BCUT2D eigenvalue weighted by Gasteiger charge is -2.38. The van der Waals surface area contributed by atoms with E-state index in [2.05, 4.69) is 37.9 Å². The van der Waals surface area contributed by atoms with Crippen LogP contribution in [0.5, 0.6) is 0 Å². The lowest BCUT2D eigenvalue weighted by atomic mass is 9.84. The van der Waals surface area contributed by atoms with Crippen LogP contribution in [0.2, 0.25) is 0 Å². The molecule has 3 nitrogen and oxygen atoms in total. The van der Waals surface area contributed by atoms with Gasteiger partial charge in [0.1, 0.15) is 0 Å². The summed E-state index contributed by atoms with van der Waals surface area (Å²) >= 11 is 0. The maximum Gasteiger partial charge on any atom is 0.0616 e. The number of aliphatic hydroxyl groups excluding tert-OH is 1. The molecule has 0 saturated heterocycles. The molecule has 0 amide bonds. The van der Waals surface area contributed by atoms with Crippen LogP contribution in [0.3, 0.4) is 0 Å². The third-order valence-electron chi connectivity index (χ3n) is 4.88. The van der Waals surface area contributed by atoms with Gasteiger partial charge in [0, 0.05) is 11.6 Å². The van der Waals surface area contributed by atoms with Gasteiger partial charge in [-0.2, -0.15) is 0 Å². The minimum Gasteiger partial charge on any atom is -0.394 e. The first-order chi connectivity index (χ1) is 9.57. The highest BCUT2D eigenvalue weighted by molar-refractivity contribution is 4.99. The van der Waals surface area contributed by atoms with Gasteiger partial charge in [-0.15, -0.1) is 0 Å². The van der Waals surface area contributed by atoms with Gasteiger partial charge in [-0.05, 0) is 51.2 Å². The Morgan fingerprint density at radius 3 is 2.60 bits per heavy atom. The highest BCUT2D eigenvalue weighted by Gasteiger charge is 2.42. The standard InChI is InChI=1S/C17H36N2O/c1-5-7-12-19(6-2)13-10-16-9-8-11-17(16,14-20)18-15(3)4/h15-16,18,20H,5-14H2,1-4H3. The molecule has 120 valence electrons. The van der Waals surface area contributed by atoms with Gasteiger partial charge in [-0.1, -0.05) is 40.5 Å². The molecule has 0 heterocycles. The Labute approximate surface area is 126 Å². The highest BCUT2D eigenvalue weighted by atomic mass is 16.3. The van der Waals surface area contributed by atoms with E-state index in [1.807, 2.05) is 0 Å². The first kappa shape index (κ1) is 17.9. The maximum atomic E-state index is 9.92. The summed E-state index contributed by atoms with van der Waals surface area (Å²) in [5, 5.41) is 13.6. The van der Waals surface area contributed by atoms with Crippen LogP contribution in [0.25, 0.3) is 0 Å². The first-order valence-electron chi connectivity index (χ1n) is 8.68. The number of unbranched alkanes of at least 4 members (excludes halogenated alkanes) is 1. The third kappa shape index (κ3) is 5.01. The molecule has 0 aromatic heterocycles. The van der Waals surface area contributed by atoms with E-state index in [0.29, 0.717) is 12.0 Å². The predicted molar refractivity (Wildman–Crippen MR) is 87.1 cm³/mol. The van der Waals surface area contributed by atoms with E-state index < -0.39 is 0 Å². The van der Waals surface area contributed by atoms with Crippen LogP contribution < -0.4 is 5.32 Å². The molecular formula is C17H36N2O. The maximum absolute atomic E-state index is 9.92. The average molecular weight is 284 g/mol. The zero-order valence-electron chi connectivity index (χ0n) is 14.1. The molecule has 0 aliphatic heterocycles. The Kier molecular flexibility index (Phi) is 8.08. The Bertz CT molecular complexity index is 257. The molecule has 2 unspecified atom stereocenters. The van der Waals surface area contributed by atoms with Crippen molar-refractivity contribution >= 4 is 0 Å². The van der Waals surface area contributed by atoms with Crippen molar-refractivity contribution in [2.75, 3.05) is 26.2 Å². The summed E-state index contributed by atoms with van der Waals surface area (Å²) in [5.41, 5.74) is -0.0155. The van der Waals surface area contributed by atoms with Gasteiger partial charge in [0.15, 0.2) is 0 Å². The monoisotopic (exact) mass is 284 g/mol. The van der Waals surface area contributed by atoms with Crippen LogP contribution in [-0.4, -0.2) is 47.8 Å². The van der Waals surface area contributed by atoms with Gasteiger partial charge < -0.3 is 15.3 Å². The van der Waals surface area contributed by atoms with Crippen LogP contribution in [-0.2, 0) is 0 Å². The largest absolute Gasteiger partial charge is 0.394 e. The fourth-order valence-corrected chi connectivity index (χ4v) is 3.73. The van der Waals surface area contributed by atoms with Crippen molar-refractivity contribution in [3.8, 4) is 0 Å². The van der Waals surface area contributed by atoms with Crippen molar-refractivity contribution < 1.29 is 5.11 Å². The number of hydrogen-bond acceptors (Lipinski definition) is 3. The summed E-state index contributed by atoms with van der Waals surface area (Å²) in [6.45, 7) is 12.7. The van der Waals surface area contributed by atoms with Crippen molar-refractivity contribution in [1.82, 2.24) is 10.2 Å². The fraction of sp³-hybridized carbons (Fsp3) is 1.00. The van der Waals surface area contributed by atoms with E-state index in [4.69, 9.17) is 0 Å². The lowest BCUT2D eigenvalue weighted by Crippen LogP contribution is -2.54. The van der Waals surface area contributed by atoms with Crippen molar-refractivity contribution in [3.63, 3.8) is 0 Å². The van der Waals surface area contributed by atoms with Gasteiger partial charge in [-0.25, -0.2) is 0 Å². The molecule has 0 bridgehead atoms. The zero-order valence-corrected chi connectivity index (χ0v) is 14.1. The Hall–Kier alpha value is -0.120. The summed E-state index contributed by atoms with van der Waals surface area (Å²) in [6, 6.07) is 0.449. The Balaban J connectivity index is 2.51. The summed E-state index contributed by atoms with van der Waals surface area (Å²) in [7, 11) is 0. The van der Waals surface area contributed by atoms with Gasteiger partial charge in [0.25, 0.3) is 0 Å². The van der Waals surface area contributed by atoms with Crippen LogP contribution in [0, 0.1) is 5.92 Å². The quantitative estimate of drug-likeness (QED) is 0.647. The molecule has 2 atom stereocenters. The van der Waals surface area contributed by atoms with Gasteiger partial charge in [-0.3, -0.25) is 0 Å². The van der Waals surface area contributed by atoms with E-state index >= 15 is 0 Å². The SMILES string of the molecule is CCCCN(CC)CCC1CCCC1(CO)NC(C)C. The molecule has 1 saturated carbocycles. The number of hydrogen-bond donors (Lipinski definition) is 2. The van der Waals surface area contributed by atoms with E-state index in [-0.39, 0.29) is 12.1 Å². The molecule has 0 spiro atoms. The summed E-state index contributed by atoms with van der Waals surface area (Å²) in [6.07, 6.45) is 7.45. The summed E-state index contributed by atoms with van der Waals surface area (Å²) < 4.78 is 0. The highest BCUT2D eigenvalue weighted by Crippen LogP contribution is 2.38. The van der Waals surface area contributed by atoms with Gasteiger partial charge in [0.05, 0.1) is 6.61 Å². The van der Waals surface area contributed by atoms with Crippen molar-refractivity contribution in [3.05, 3.63) is 0 Å². The van der Waals surface area contributed by atoms with E-state index in [1.165, 1.54) is 45.2 Å². The van der Waals surface area contributed by atoms with E-state index in [1.54, 1.807) is 0 Å². The Morgan fingerprint density at radius 2 is 2.05 bits per heavy atom. The number of nitrogens with one attached hydrogen (secondary N) is 1. The van der Waals surface area contributed by atoms with E-state index in [0.717, 1.165) is 13.0 Å². The number of aliphatic hydroxyl groups is 1. The molecular weight excluding hydrogens is 248 g/mol. The molecule has 0 aromatic rings. The van der Waals surface area contributed by atoms with Crippen LogP contribution in [0.15, 0.2) is 0 Å². The number of rotatable bonds is 10. The molecule has 1 aliphatic carbocycles. The van der Waals surface area contributed by atoms with Gasteiger partial charge in [0.2, 0.25) is 0 Å². The van der Waals surface area contributed by atoms with Crippen molar-refractivity contribution in [2.45, 2.75) is 77.8 Å². The van der Waals surface area contributed by atoms with Crippen LogP contribution in [0.1, 0.15) is 66.2 Å². The van der Waals surface area contributed by atoms with Gasteiger partial charge >= 0.3 is 0 Å².